The fourth-order valence-electron chi connectivity index (χ4n) is 2.79. The highest BCUT2D eigenvalue weighted by Crippen LogP contribution is 2.34. The molecule has 1 N–H and O–H groups in total. The molecule has 2 unspecified atom stereocenters. The van der Waals surface area contributed by atoms with Crippen LogP contribution in [-0.2, 0) is 21.2 Å². The van der Waals surface area contributed by atoms with Crippen LogP contribution in [0.25, 0.3) is 0 Å². The third-order valence-corrected chi connectivity index (χ3v) is 6.12. The van der Waals surface area contributed by atoms with Gasteiger partial charge in [0.05, 0.1) is 11.8 Å². The van der Waals surface area contributed by atoms with E-state index in [0.717, 1.165) is 22.7 Å². The molecule has 0 aliphatic heterocycles. The number of fused-ring (bicyclic) bond motifs is 1. The number of nitrogens with zero attached hydrogens (tertiary/aromatic N) is 1. The second-order valence-corrected chi connectivity index (χ2v) is 8.41. The molecule has 5 nitrogen and oxygen atoms in total. The van der Waals surface area contributed by atoms with Gasteiger partial charge in [-0.3, -0.25) is 4.79 Å². The topological polar surface area (TPSA) is 66.5 Å². The molecule has 1 aromatic rings. The van der Waals surface area contributed by atoms with Crippen molar-refractivity contribution >= 4 is 15.9 Å². The van der Waals surface area contributed by atoms with Gasteiger partial charge >= 0.3 is 0 Å². The first-order chi connectivity index (χ1) is 10.3. The lowest BCUT2D eigenvalue weighted by atomic mass is 9.80. The van der Waals surface area contributed by atoms with Crippen LogP contribution in [0.2, 0.25) is 0 Å². The maximum Gasteiger partial charge on any atom is 0.221 e. The van der Waals surface area contributed by atoms with Crippen molar-refractivity contribution in [3.05, 3.63) is 35.4 Å². The van der Waals surface area contributed by atoms with Crippen molar-refractivity contribution < 1.29 is 13.2 Å². The fourth-order valence-corrected chi connectivity index (χ4v) is 3.60. The van der Waals surface area contributed by atoms with Crippen LogP contribution >= 0.6 is 0 Å². The van der Waals surface area contributed by atoms with Crippen molar-refractivity contribution in [1.29, 1.82) is 0 Å². The van der Waals surface area contributed by atoms with Crippen molar-refractivity contribution in [1.82, 2.24) is 9.62 Å². The first-order valence-electron chi connectivity index (χ1n) is 7.58. The van der Waals surface area contributed by atoms with E-state index in [1.807, 2.05) is 18.2 Å². The summed E-state index contributed by atoms with van der Waals surface area (Å²) in [7, 11) is -0.378. The van der Waals surface area contributed by atoms with Gasteiger partial charge in [-0.25, -0.2) is 12.7 Å². The number of rotatable bonds is 5. The number of carbonyl (C=O) groups excluding carboxylic acids is 1. The van der Waals surface area contributed by atoms with E-state index >= 15 is 0 Å². The lowest BCUT2D eigenvalue weighted by Gasteiger charge is -2.32. The lowest BCUT2D eigenvalue weighted by molar-refractivity contribution is -0.121. The predicted octanol–water partition coefficient (Wildman–Crippen LogP) is 1.71. The molecule has 6 heteroatoms. The molecular formula is C16H24N2O3S. The van der Waals surface area contributed by atoms with Gasteiger partial charge in [-0.05, 0) is 29.9 Å². The molecule has 0 fully saturated rings. The highest BCUT2D eigenvalue weighted by molar-refractivity contribution is 7.89. The Bertz CT molecular complexity index is 641. The maximum absolute atomic E-state index is 12.1. The SMILES string of the molecule is CC1CCc2ccccc2C1NC(=O)CCS(=O)(=O)N(C)C. The summed E-state index contributed by atoms with van der Waals surface area (Å²) in [5, 5.41) is 3.01. The van der Waals surface area contributed by atoms with Gasteiger partial charge in [0.1, 0.15) is 0 Å². The number of sulfonamides is 1. The number of carbonyl (C=O) groups is 1. The molecule has 122 valence electrons. The van der Waals surface area contributed by atoms with Gasteiger partial charge in [0, 0.05) is 20.5 Å². The van der Waals surface area contributed by atoms with Gasteiger partial charge in [0.15, 0.2) is 0 Å². The Kier molecular flexibility index (Phi) is 5.24. The Labute approximate surface area is 132 Å². The van der Waals surface area contributed by atoms with Crippen LogP contribution in [0.1, 0.15) is 36.9 Å². The molecule has 1 amide bonds. The molecule has 2 atom stereocenters. The van der Waals surface area contributed by atoms with Gasteiger partial charge in [0.25, 0.3) is 0 Å². The first-order valence-corrected chi connectivity index (χ1v) is 9.19. The molecule has 22 heavy (non-hydrogen) atoms. The summed E-state index contributed by atoms with van der Waals surface area (Å²) in [5.74, 6) is -0.0162. The van der Waals surface area contributed by atoms with Crippen molar-refractivity contribution in [2.45, 2.75) is 32.2 Å². The average molecular weight is 324 g/mol. The summed E-state index contributed by atoms with van der Waals surface area (Å²) in [6.45, 7) is 2.12. The Hall–Kier alpha value is -1.40. The number of aryl methyl sites for hydroxylation is 1. The molecule has 0 spiro atoms. The number of hydrogen-bond acceptors (Lipinski definition) is 3. The Balaban J connectivity index is 2.03. The molecular weight excluding hydrogens is 300 g/mol. The Morgan fingerprint density at radius 3 is 2.68 bits per heavy atom. The zero-order chi connectivity index (χ0) is 16.3. The first kappa shape index (κ1) is 17.0. The lowest BCUT2D eigenvalue weighted by Crippen LogP contribution is -2.37. The van der Waals surface area contributed by atoms with Crippen molar-refractivity contribution in [2.24, 2.45) is 5.92 Å². The zero-order valence-corrected chi connectivity index (χ0v) is 14.2. The second-order valence-electron chi connectivity index (χ2n) is 6.11. The number of benzene rings is 1. The molecule has 1 aliphatic carbocycles. The molecule has 0 saturated heterocycles. The molecule has 0 bridgehead atoms. The van der Waals surface area contributed by atoms with Crippen LogP contribution in [0.5, 0.6) is 0 Å². The fraction of sp³-hybridized carbons (Fsp3) is 0.562. The minimum atomic E-state index is -3.34. The van der Waals surface area contributed by atoms with Crippen molar-refractivity contribution in [3.63, 3.8) is 0 Å². The summed E-state index contributed by atoms with van der Waals surface area (Å²) >= 11 is 0. The van der Waals surface area contributed by atoms with E-state index in [0.29, 0.717) is 5.92 Å². The van der Waals surface area contributed by atoms with E-state index in [1.54, 1.807) is 0 Å². The Morgan fingerprint density at radius 2 is 2.00 bits per heavy atom. The van der Waals surface area contributed by atoms with E-state index < -0.39 is 10.0 Å². The van der Waals surface area contributed by atoms with E-state index in [4.69, 9.17) is 0 Å². The van der Waals surface area contributed by atoms with Crippen LogP contribution in [0, 0.1) is 5.92 Å². The number of amides is 1. The quantitative estimate of drug-likeness (QED) is 0.896. The predicted molar refractivity (Wildman–Crippen MR) is 86.9 cm³/mol. The van der Waals surface area contributed by atoms with Gasteiger partial charge in [-0.15, -0.1) is 0 Å². The largest absolute Gasteiger partial charge is 0.349 e. The molecule has 1 aromatic carbocycles. The monoisotopic (exact) mass is 324 g/mol. The van der Waals surface area contributed by atoms with Crippen LogP contribution in [0.4, 0.5) is 0 Å². The molecule has 1 aliphatic rings. The van der Waals surface area contributed by atoms with Crippen LogP contribution in [0.15, 0.2) is 24.3 Å². The summed E-state index contributed by atoms with van der Waals surface area (Å²) < 4.78 is 24.6. The summed E-state index contributed by atoms with van der Waals surface area (Å²) in [4.78, 5) is 12.1. The number of nitrogens with one attached hydrogen (secondary N) is 1. The van der Waals surface area contributed by atoms with Gasteiger partial charge < -0.3 is 5.32 Å². The highest BCUT2D eigenvalue weighted by atomic mass is 32.2. The van der Waals surface area contributed by atoms with Crippen molar-refractivity contribution in [3.8, 4) is 0 Å². The van der Waals surface area contributed by atoms with E-state index in [-0.39, 0.29) is 24.1 Å². The average Bonchev–Trinajstić information content (AvgIpc) is 2.48. The molecule has 0 radical (unpaired) electrons. The van der Waals surface area contributed by atoms with E-state index in [9.17, 15) is 13.2 Å². The van der Waals surface area contributed by atoms with E-state index in [2.05, 4.69) is 18.3 Å². The second kappa shape index (κ2) is 6.79. The smallest absolute Gasteiger partial charge is 0.221 e. The van der Waals surface area contributed by atoms with Crippen LogP contribution < -0.4 is 5.32 Å². The summed E-state index contributed by atoms with van der Waals surface area (Å²) in [5.41, 5.74) is 2.43. The standard InChI is InChI=1S/C16H24N2O3S/c1-12-8-9-13-6-4-5-7-14(13)16(12)17-15(19)10-11-22(20,21)18(2)3/h4-7,12,16H,8-11H2,1-3H3,(H,17,19). The summed E-state index contributed by atoms with van der Waals surface area (Å²) in [6.07, 6.45) is 2.04. The van der Waals surface area contributed by atoms with Gasteiger partial charge in [-0.2, -0.15) is 0 Å². The highest BCUT2D eigenvalue weighted by Gasteiger charge is 2.28. The van der Waals surface area contributed by atoms with Gasteiger partial charge in [-0.1, -0.05) is 31.2 Å². The van der Waals surface area contributed by atoms with E-state index in [1.165, 1.54) is 19.7 Å². The summed E-state index contributed by atoms with van der Waals surface area (Å²) in [6, 6.07) is 8.10. The molecule has 0 heterocycles. The van der Waals surface area contributed by atoms with Crippen molar-refractivity contribution in [2.75, 3.05) is 19.8 Å². The van der Waals surface area contributed by atoms with Crippen LogP contribution in [-0.4, -0.2) is 38.5 Å². The molecule has 0 saturated carbocycles. The minimum absolute atomic E-state index is 0.00804. The number of hydrogen-bond donors (Lipinski definition) is 1. The molecule has 2 rings (SSSR count). The normalized spacial score (nSPS) is 21.5. The third kappa shape index (κ3) is 3.87. The van der Waals surface area contributed by atoms with Crippen LogP contribution in [0.3, 0.4) is 0 Å². The van der Waals surface area contributed by atoms with Gasteiger partial charge in [0.2, 0.25) is 15.9 Å². The Morgan fingerprint density at radius 1 is 1.32 bits per heavy atom. The molecule has 0 aromatic heterocycles. The minimum Gasteiger partial charge on any atom is -0.349 e. The maximum atomic E-state index is 12.1. The zero-order valence-electron chi connectivity index (χ0n) is 13.4. The third-order valence-electron chi connectivity index (χ3n) is 4.29.